The molecular formula is C12H17ClFNO3S. The molecule has 1 rings (SSSR count). The van der Waals surface area contributed by atoms with Gasteiger partial charge in [-0.2, -0.15) is 0 Å². The van der Waals surface area contributed by atoms with Gasteiger partial charge in [0.15, 0.2) is 0 Å². The first-order chi connectivity index (χ1) is 8.83. The zero-order chi connectivity index (χ0) is 14.5. The lowest BCUT2D eigenvalue weighted by Crippen LogP contribution is -2.26. The lowest BCUT2D eigenvalue weighted by Gasteiger charge is -2.09. The van der Waals surface area contributed by atoms with Crippen LogP contribution in [0.25, 0.3) is 0 Å². The molecule has 0 aliphatic heterocycles. The SMILES string of the molecule is CC(C)OCCCNS(=O)(=O)c1ccc(Cl)cc1F. The number of halogens is 2. The van der Waals surface area contributed by atoms with Gasteiger partial charge in [-0.25, -0.2) is 17.5 Å². The molecule has 1 aromatic rings. The van der Waals surface area contributed by atoms with Crippen LogP contribution in [0.3, 0.4) is 0 Å². The van der Waals surface area contributed by atoms with Crippen molar-refractivity contribution in [2.24, 2.45) is 0 Å². The van der Waals surface area contributed by atoms with Gasteiger partial charge in [0.05, 0.1) is 6.10 Å². The number of benzene rings is 1. The Hall–Kier alpha value is -0.690. The number of sulfonamides is 1. The van der Waals surface area contributed by atoms with Crippen LogP contribution in [0.5, 0.6) is 0 Å². The first-order valence-electron chi connectivity index (χ1n) is 5.89. The van der Waals surface area contributed by atoms with Crippen molar-refractivity contribution in [1.82, 2.24) is 4.72 Å². The second-order valence-corrected chi connectivity index (χ2v) is 6.42. The molecule has 0 spiro atoms. The highest BCUT2D eigenvalue weighted by Crippen LogP contribution is 2.18. The maximum absolute atomic E-state index is 13.5. The van der Waals surface area contributed by atoms with Gasteiger partial charge < -0.3 is 4.74 Å². The van der Waals surface area contributed by atoms with Crippen LogP contribution in [-0.4, -0.2) is 27.7 Å². The molecule has 19 heavy (non-hydrogen) atoms. The molecule has 0 saturated heterocycles. The third-order valence-electron chi connectivity index (χ3n) is 2.25. The van der Waals surface area contributed by atoms with Gasteiger partial charge in [-0.1, -0.05) is 11.6 Å². The van der Waals surface area contributed by atoms with E-state index in [1.807, 2.05) is 13.8 Å². The van der Waals surface area contributed by atoms with Crippen molar-refractivity contribution in [1.29, 1.82) is 0 Å². The smallest absolute Gasteiger partial charge is 0.243 e. The van der Waals surface area contributed by atoms with Gasteiger partial charge in [0, 0.05) is 18.2 Å². The van der Waals surface area contributed by atoms with Crippen molar-refractivity contribution in [2.45, 2.75) is 31.3 Å². The third-order valence-corrected chi connectivity index (χ3v) is 3.98. The van der Waals surface area contributed by atoms with Crippen LogP contribution in [0.1, 0.15) is 20.3 Å². The van der Waals surface area contributed by atoms with E-state index in [1.165, 1.54) is 6.07 Å². The highest BCUT2D eigenvalue weighted by molar-refractivity contribution is 7.89. The van der Waals surface area contributed by atoms with E-state index in [2.05, 4.69) is 4.72 Å². The van der Waals surface area contributed by atoms with E-state index in [0.29, 0.717) is 13.0 Å². The number of hydrogen-bond donors (Lipinski definition) is 1. The Balaban J connectivity index is 2.56. The van der Waals surface area contributed by atoms with Crippen LogP contribution >= 0.6 is 11.6 Å². The molecule has 1 N–H and O–H groups in total. The van der Waals surface area contributed by atoms with Gasteiger partial charge in [-0.15, -0.1) is 0 Å². The fourth-order valence-electron chi connectivity index (χ4n) is 1.37. The van der Waals surface area contributed by atoms with Gasteiger partial charge in [0.25, 0.3) is 0 Å². The lowest BCUT2D eigenvalue weighted by atomic mass is 10.3. The molecule has 0 heterocycles. The molecule has 0 radical (unpaired) electrons. The zero-order valence-electron chi connectivity index (χ0n) is 10.8. The number of nitrogens with one attached hydrogen (secondary N) is 1. The predicted octanol–water partition coefficient (Wildman–Crippen LogP) is 2.57. The Labute approximate surface area is 118 Å². The van der Waals surface area contributed by atoms with E-state index in [4.69, 9.17) is 16.3 Å². The molecule has 0 aliphatic rings. The van der Waals surface area contributed by atoms with E-state index in [1.54, 1.807) is 0 Å². The molecule has 0 aliphatic carbocycles. The first kappa shape index (κ1) is 16.4. The zero-order valence-corrected chi connectivity index (χ0v) is 12.4. The summed E-state index contributed by atoms with van der Waals surface area (Å²) in [5.41, 5.74) is 0. The highest BCUT2D eigenvalue weighted by atomic mass is 35.5. The van der Waals surface area contributed by atoms with Crippen LogP contribution in [0.15, 0.2) is 23.1 Å². The minimum Gasteiger partial charge on any atom is -0.379 e. The average Bonchev–Trinajstić information content (AvgIpc) is 2.27. The molecule has 1 aromatic carbocycles. The summed E-state index contributed by atoms with van der Waals surface area (Å²) < 4.78 is 44.7. The Kier molecular flexibility index (Phi) is 6.19. The molecule has 0 aromatic heterocycles. The Morgan fingerprint density at radius 1 is 1.42 bits per heavy atom. The molecule has 0 unspecified atom stereocenters. The highest BCUT2D eigenvalue weighted by Gasteiger charge is 2.18. The Morgan fingerprint density at radius 3 is 2.68 bits per heavy atom. The predicted molar refractivity (Wildman–Crippen MR) is 72.3 cm³/mol. The molecule has 0 fully saturated rings. The summed E-state index contributed by atoms with van der Waals surface area (Å²) >= 11 is 5.57. The summed E-state index contributed by atoms with van der Waals surface area (Å²) in [5.74, 6) is -0.863. The van der Waals surface area contributed by atoms with Crippen LogP contribution in [-0.2, 0) is 14.8 Å². The third kappa shape index (κ3) is 5.44. The lowest BCUT2D eigenvalue weighted by molar-refractivity contribution is 0.0778. The van der Waals surface area contributed by atoms with Gasteiger partial charge in [-0.05, 0) is 38.5 Å². The van der Waals surface area contributed by atoms with Crippen molar-refractivity contribution >= 4 is 21.6 Å². The number of rotatable bonds is 7. The number of hydrogen-bond acceptors (Lipinski definition) is 3. The summed E-state index contributed by atoms with van der Waals surface area (Å²) in [5, 5.41) is 0.154. The van der Waals surface area contributed by atoms with Gasteiger partial charge in [0.1, 0.15) is 10.7 Å². The largest absolute Gasteiger partial charge is 0.379 e. The van der Waals surface area contributed by atoms with Gasteiger partial charge >= 0.3 is 0 Å². The van der Waals surface area contributed by atoms with Crippen molar-refractivity contribution in [3.63, 3.8) is 0 Å². The summed E-state index contributed by atoms with van der Waals surface area (Å²) in [7, 11) is -3.85. The second kappa shape index (κ2) is 7.19. The van der Waals surface area contributed by atoms with Crippen molar-refractivity contribution in [2.75, 3.05) is 13.2 Å². The topological polar surface area (TPSA) is 55.4 Å². The van der Waals surface area contributed by atoms with E-state index in [9.17, 15) is 12.8 Å². The first-order valence-corrected chi connectivity index (χ1v) is 7.75. The van der Waals surface area contributed by atoms with Crippen molar-refractivity contribution in [3.8, 4) is 0 Å². The van der Waals surface area contributed by atoms with Crippen LogP contribution in [0, 0.1) is 5.82 Å². The summed E-state index contributed by atoms with van der Waals surface area (Å²) in [6.45, 7) is 4.43. The normalized spacial score (nSPS) is 12.1. The van der Waals surface area contributed by atoms with E-state index < -0.39 is 20.7 Å². The minimum absolute atomic E-state index is 0.102. The Morgan fingerprint density at radius 2 is 2.11 bits per heavy atom. The molecule has 4 nitrogen and oxygen atoms in total. The molecular weight excluding hydrogens is 293 g/mol. The average molecular weight is 310 g/mol. The maximum atomic E-state index is 13.5. The summed E-state index contributed by atoms with van der Waals surface area (Å²) in [6, 6.07) is 3.45. The van der Waals surface area contributed by atoms with E-state index in [-0.39, 0.29) is 17.7 Å². The fourth-order valence-corrected chi connectivity index (χ4v) is 2.66. The van der Waals surface area contributed by atoms with E-state index in [0.717, 1.165) is 12.1 Å². The quantitative estimate of drug-likeness (QED) is 0.788. The maximum Gasteiger partial charge on any atom is 0.243 e. The number of ether oxygens (including phenoxy) is 1. The fraction of sp³-hybridized carbons (Fsp3) is 0.500. The van der Waals surface area contributed by atoms with E-state index >= 15 is 0 Å². The molecule has 108 valence electrons. The molecule has 0 atom stereocenters. The molecule has 0 saturated carbocycles. The van der Waals surface area contributed by atoms with Crippen LogP contribution in [0.2, 0.25) is 5.02 Å². The van der Waals surface area contributed by atoms with Crippen molar-refractivity contribution < 1.29 is 17.5 Å². The molecule has 7 heteroatoms. The summed E-state index contributed by atoms with van der Waals surface area (Å²) in [4.78, 5) is -0.401. The second-order valence-electron chi connectivity index (χ2n) is 4.25. The standard InChI is InChI=1S/C12H17ClFNO3S/c1-9(2)18-7-3-6-15-19(16,17)12-5-4-10(13)8-11(12)14/h4-5,8-9,15H,3,6-7H2,1-2H3. The monoisotopic (exact) mass is 309 g/mol. The molecule has 0 bridgehead atoms. The van der Waals surface area contributed by atoms with Crippen molar-refractivity contribution in [3.05, 3.63) is 29.0 Å². The Bertz CT molecular complexity index is 520. The summed E-state index contributed by atoms with van der Waals surface area (Å²) in [6.07, 6.45) is 0.623. The van der Waals surface area contributed by atoms with Gasteiger partial charge in [0.2, 0.25) is 10.0 Å². The van der Waals surface area contributed by atoms with Crippen LogP contribution in [0.4, 0.5) is 4.39 Å². The molecule has 0 amide bonds. The van der Waals surface area contributed by atoms with Crippen LogP contribution < -0.4 is 4.72 Å². The van der Waals surface area contributed by atoms with Gasteiger partial charge in [-0.3, -0.25) is 0 Å². The minimum atomic E-state index is -3.85.